The van der Waals surface area contributed by atoms with E-state index in [1.807, 2.05) is 11.8 Å². The number of alkyl halides is 3. The molecule has 1 aliphatic rings. The van der Waals surface area contributed by atoms with Crippen molar-refractivity contribution in [1.82, 2.24) is 4.90 Å². The molecule has 2 nitrogen and oxygen atoms in total. The molecule has 1 heterocycles. The maximum atomic E-state index is 12.3. The number of rotatable bonds is 3. The highest BCUT2D eigenvalue weighted by Gasteiger charge is 2.34. The highest BCUT2D eigenvalue weighted by atomic mass is 19.4. The van der Waals surface area contributed by atoms with Gasteiger partial charge in [-0.1, -0.05) is 13.0 Å². The monoisotopic (exact) mass is 222 g/mol. The van der Waals surface area contributed by atoms with E-state index in [1.54, 1.807) is 0 Å². The Hall–Kier alpha value is -0.550. The van der Waals surface area contributed by atoms with Gasteiger partial charge in [0.15, 0.2) is 0 Å². The third-order valence-electron chi connectivity index (χ3n) is 2.67. The van der Waals surface area contributed by atoms with E-state index in [-0.39, 0.29) is 12.5 Å². The maximum absolute atomic E-state index is 12.3. The zero-order valence-corrected chi connectivity index (χ0v) is 8.85. The average molecular weight is 222 g/mol. The quantitative estimate of drug-likeness (QED) is 0.739. The molecular weight excluding hydrogens is 205 g/mol. The van der Waals surface area contributed by atoms with Gasteiger partial charge in [-0.2, -0.15) is 13.2 Å². The molecule has 88 valence electrons. The molecule has 1 unspecified atom stereocenters. The molecule has 5 heteroatoms. The molecule has 0 aromatic carbocycles. The van der Waals surface area contributed by atoms with E-state index in [9.17, 15) is 13.2 Å². The zero-order valence-electron chi connectivity index (χ0n) is 8.85. The summed E-state index contributed by atoms with van der Waals surface area (Å²) >= 11 is 0. The molecule has 0 spiro atoms. The molecule has 0 aromatic rings. The summed E-state index contributed by atoms with van der Waals surface area (Å²) in [5, 5.41) is 0. The van der Waals surface area contributed by atoms with Crippen LogP contribution in [0, 0.1) is 0 Å². The Labute approximate surface area is 87.9 Å². The Morgan fingerprint density at radius 3 is 2.60 bits per heavy atom. The van der Waals surface area contributed by atoms with Crippen LogP contribution in [0.1, 0.15) is 19.8 Å². The number of nitrogens with two attached hydrogens (primary N) is 1. The molecule has 1 aliphatic heterocycles. The lowest BCUT2D eigenvalue weighted by Crippen LogP contribution is -2.40. The molecule has 2 N–H and O–H groups in total. The molecule has 1 rings (SSSR count). The first-order valence-corrected chi connectivity index (χ1v) is 5.17. The van der Waals surface area contributed by atoms with Crippen molar-refractivity contribution in [2.75, 3.05) is 19.6 Å². The predicted octanol–water partition coefficient (Wildman–Crippen LogP) is 1.92. The van der Waals surface area contributed by atoms with Gasteiger partial charge in [0.25, 0.3) is 0 Å². The van der Waals surface area contributed by atoms with Gasteiger partial charge in [-0.25, -0.2) is 0 Å². The highest BCUT2D eigenvalue weighted by molar-refractivity contribution is 5.13. The van der Waals surface area contributed by atoms with Crippen LogP contribution in [0.3, 0.4) is 0 Å². The van der Waals surface area contributed by atoms with Crippen LogP contribution >= 0.6 is 0 Å². The highest BCUT2D eigenvalue weighted by Crippen LogP contribution is 2.29. The van der Waals surface area contributed by atoms with Gasteiger partial charge in [-0.15, -0.1) is 0 Å². The van der Waals surface area contributed by atoms with Crippen LogP contribution in [0.15, 0.2) is 11.6 Å². The van der Waals surface area contributed by atoms with Gasteiger partial charge < -0.3 is 5.73 Å². The Morgan fingerprint density at radius 2 is 2.20 bits per heavy atom. The third-order valence-corrected chi connectivity index (χ3v) is 2.67. The fourth-order valence-electron chi connectivity index (χ4n) is 1.60. The Morgan fingerprint density at radius 1 is 1.53 bits per heavy atom. The second kappa shape index (κ2) is 4.99. The number of hydrogen-bond acceptors (Lipinski definition) is 2. The van der Waals surface area contributed by atoms with Gasteiger partial charge in [-0.05, 0) is 12.8 Å². The minimum Gasteiger partial charge on any atom is -0.327 e. The van der Waals surface area contributed by atoms with Crippen LogP contribution in [0.25, 0.3) is 0 Å². The van der Waals surface area contributed by atoms with E-state index in [2.05, 4.69) is 0 Å². The van der Waals surface area contributed by atoms with Crippen molar-refractivity contribution in [3.63, 3.8) is 0 Å². The summed E-state index contributed by atoms with van der Waals surface area (Å²) in [7, 11) is 0. The second-order valence-electron chi connectivity index (χ2n) is 3.91. The van der Waals surface area contributed by atoms with Gasteiger partial charge in [0.2, 0.25) is 0 Å². The summed E-state index contributed by atoms with van der Waals surface area (Å²) in [6, 6.07) is 0.0610. The van der Waals surface area contributed by atoms with Gasteiger partial charge in [0.1, 0.15) is 0 Å². The van der Waals surface area contributed by atoms with E-state index in [0.717, 1.165) is 6.42 Å². The predicted molar refractivity (Wildman–Crippen MR) is 53.5 cm³/mol. The van der Waals surface area contributed by atoms with Crippen molar-refractivity contribution in [2.24, 2.45) is 5.73 Å². The molecule has 0 saturated carbocycles. The standard InChI is InChI=1S/C10H17F3N2/c1-2-9(14)7-15-5-3-8(4-6-15)10(11,12)13/h3,9H,2,4-7,14H2,1H3. The minimum atomic E-state index is -4.15. The fraction of sp³-hybridized carbons (Fsp3) is 0.800. The fourth-order valence-corrected chi connectivity index (χ4v) is 1.60. The van der Waals surface area contributed by atoms with Crippen LogP contribution in [0.2, 0.25) is 0 Å². The molecule has 15 heavy (non-hydrogen) atoms. The van der Waals surface area contributed by atoms with E-state index in [4.69, 9.17) is 5.73 Å². The van der Waals surface area contributed by atoms with Crippen molar-refractivity contribution in [1.29, 1.82) is 0 Å². The van der Waals surface area contributed by atoms with Gasteiger partial charge in [-0.3, -0.25) is 4.90 Å². The van der Waals surface area contributed by atoms with Crippen molar-refractivity contribution >= 4 is 0 Å². The maximum Gasteiger partial charge on any atom is 0.412 e. The second-order valence-corrected chi connectivity index (χ2v) is 3.91. The van der Waals surface area contributed by atoms with Crippen LogP contribution in [-0.2, 0) is 0 Å². The van der Waals surface area contributed by atoms with E-state index in [0.29, 0.717) is 19.6 Å². The van der Waals surface area contributed by atoms with Crippen LogP contribution in [-0.4, -0.2) is 36.8 Å². The minimum absolute atomic E-state index is 0.0610. The van der Waals surface area contributed by atoms with Gasteiger partial charge in [0, 0.05) is 31.2 Å². The number of hydrogen-bond donors (Lipinski definition) is 1. The summed E-state index contributed by atoms with van der Waals surface area (Å²) < 4.78 is 36.9. The molecule has 0 bridgehead atoms. The number of halogens is 3. The molecule has 0 amide bonds. The molecule has 0 aromatic heterocycles. The van der Waals surface area contributed by atoms with E-state index in [1.165, 1.54) is 6.08 Å². The summed E-state index contributed by atoms with van der Waals surface area (Å²) in [4.78, 5) is 1.96. The first-order chi connectivity index (χ1) is 6.93. The molecule has 1 atom stereocenters. The third kappa shape index (κ3) is 3.83. The van der Waals surface area contributed by atoms with Crippen LogP contribution < -0.4 is 5.73 Å². The Kier molecular flexibility index (Phi) is 4.16. The lowest BCUT2D eigenvalue weighted by Gasteiger charge is -2.28. The van der Waals surface area contributed by atoms with Crippen molar-refractivity contribution in [2.45, 2.75) is 32.0 Å². The summed E-state index contributed by atoms with van der Waals surface area (Å²) in [6.45, 7) is 3.48. The molecule has 0 fully saturated rings. The SMILES string of the molecule is CCC(N)CN1CC=C(C(F)(F)F)CC1. The Bertz CT molecular complexity index is 235. The largest absolute Gasteiger partial charge is 0.412 e. The summed E-state index contributed by atoms with van der Waals surface area (Å²) in [5.41, 5.74) is 5.34. The summed E-state index contributed by atoms with van der Waals surface area (Å²) in [6.07, 6.45) is -1.95. The summed E-state index contributed by atoms with van der Waals surface area (Å²) in [5.74, 6) is 0. The lowest BCUT2D eigenvalue weighted by molar-refractivity contribution is -0.0960. The molecule has 0 aliphatic carbocycles. The van der Waals surface area contributed by atoms with Crippen molar-refractivity contribution < 1.29 is 13.2 Å². The van der Waals surface area contributed by atoms with Crippen molar-refractivity contribution in [3.05, 3.63) is 11.6 Å². The molecule has 0 radical (unpaired) electrons. The first kappa shape index (κ1) is 12.5. The molecule has 0 saturated heterocycles. The van der Waals surface area contributed by atoms with Crippen LogP contribution in [0.4, 0.5) is 13.2 Å². The van der Waals surface area contributed by atoms with E-state index >= 15 is 0 Å². The van der Waals surface area contributed by atoms with Gasteiger partial charge >= 0.3 is 6.18 Å². The molecular formula is C10H17F3N2. The number of nitrogens with zero attached hydrogens (tertiary/aromatic N) is 1. The average Bonchev–Trinajstić information content (AvgIpc) is 2.17. The van der Waals surface area contributed by atoms with Gasteiger partial charge in [0.05, 0.1) is 0 Å². The topological polar surface area (TPSA) is 29.3 Å². The van der Waals surface area contributed by atoms with E-state index < -0.39 is 11.7 Å². The normalized spacial score (nSPS) is 21.3. The zero-order chi connectivity index (χ0) is 11.5. The first-order valence-electron chi connectivity index (χ1n) is 5.17. The smallest absolute Gasteiger partial charge is 0.327 e. The Balaban J connectivity index is 2.44. The van der Waals surface area contributed by atoms with Crippen molar-refractivity contribution in [3.8, 4) is 0 Å². The lowest BCUT2D eigenvalue weighted by atomic mass is 10.1. The van der Waals surface area contributed by atoms with Crippen LogP contribution in [0.5, 0.6) is 0 Å².